The van der Waals surface area contributed by atoms with Gasteiger partial charge in [-0.2, -0.15) is 0 Å². The van der Waals surface area contributed by atoms with Gasteiger partial charge in [0.15, 0.2) is 55.5 Å². The Hall–Kier alpha value is -10.2. The van der Waals surface area contributed by atoms with Gasteiger partial charge in [0, 0.05) is 0 Å². The molecule has 0 aromatic heterocycles. The van der Waals surface area contributed by atoms with Crippen molar-refractivity contribution in [2.45, 2.75) is 205 Å². The van der Waals surface area contributed by atoms with Crippen LogP contribution in [-0.4, -0.2) is 163 Å². The summed E-state index contributed by atoms with van der Waals surface area (Å²) in [6.07, 6.45) is -17.5. The molecule has 0 radical (unpaired) electrons. The summed E-state index contributed by atoms with van der Waals surface area (Å²) in [6, 6.07) is 55.7. The third-order valence-electron chi connectivity index (χ3n) is 28.0. The molecule has 3 heterocycles. The average Bonchev–Trinajstić information content (AvgIpc) is 1.65. The number of aliphatic hydroxyl groups is 1. The van der Waals surface area contributed by atoms with Crippen LogP contribution in [0.3, 0.4) is 0 Å². The number of carboxylic acids is 1. The summed E-state index contributed by atoms with van der Waals surface area (Å²) in [5.41, 5.74) is -0.419. The third-order valence-corrected chi connectivity index (χ3v) is 28.0. The lowest BCUT2D eigenvalue weighted by Crippen LogP contribution is -2.68. The number of fused-ring (bicyclic) bond motifs is 7. The van der Waals surface area contributed by atoms with Crippen molar-refractivity contribution in [2.24, 2.45) is 56.7 Å². The molecule has 7 aromatic rings. The summed E-state index contributed by atoms with van der Waals surface area (Å²) in [7, 11) is 0. The van der Waals surface area contributed by atoms with Gasteiger partial charge in [-0.1, -0.05) is 174 Å². The Bertz CT molecular complexity index is 4790. The second-order valence-corrected chi connectivity index (χ2v) is 34.7. The number of carboxylic acid groups (broad SMARTS) is 1. The summed E-state index contributed by atoms with van der Waals surface area (Å²) in [4.78, 5) is 116. The van der Waals surface area contributed by atoms with Crippen LogP contribution in [0.4, 0.5) is 0 Å². The normalized spacial score (nSPS) is 34.3. The van der Waals surface area contributed by atoms with Gasteiger partial charge in [0.25, 0.3) is 0 Å². The van der Waals surface area contributed by atoms with E-state index in [1.54, 1.807) is 134 Å². The second kappa shape index (κ2) is 34.8. The molecule has 23 nitrogen and oxygen atoms in total. The van der Waals surface area contributed by atoms with E-state index in [-0.39, 0.29) is 84.8 Å². The molecule has 119 heavy (non-hydrogen) atoms. The van der Waals surface area contributed by atoms with Gasteiger partial charge in [-0.15, -0.1) is 0 Å². The summed E-state index contributed by atoms with van der Waals surface area (Å²) < 4.78 is 87.0. The molecule has 5 aliphatic carbocycles. The molecule has 3 aliphatic heterocycles. The Morgan fingerprint density at radius 2 is 0.840 bits per heavy atom. The number of esters is 7. The fourth-order valence-corrected chi connectivity index (χ4v) is 21.8. The molecule has 0 unspecified atom stereocenters. The molecule has 8 fully saturated rings. The van der Waals surface area contributed by atoms with E-state index in [2.05, 4.69) is 48.1 Å². The molecular weight excluding hydrogens is 1520 g/mol. The van der Waals surface area contributed by atoms with Gasteiger partial charge in [0.1, 0.15) is 31.0 Å². The highest BCUT2D eigenvalue weighted by atomic mass is 16.8. The highest BCUT2D eigenvalue weighted by Gasteiger charge is 2.73. The highest BCUT2D eigenvalue weighted by molar-refractivity contribution is 5.93. The molecule has 626 valence electrons. The predicted molar refractivity (Wildman–Crippen MR) is 431 cm³/mol. The van der Waals surface area contributed by atoms with Crippen LogP contribution in [0.25, 0.3) is 0 Å². The van der Waals surface area contributed by atoms with Crippen molar-refractivity contribution in [3.63, 3.8) is 0 Å². The van der Waals surface area contributed by atoms with E-state index >= 15 is 0 Å². The first kappa shape index (κ1) is 83.8. The number of benzene rings is 7. The van der Waals surface area contributed by atoms with Crippen LogP contribution >= 0.6 is 0 Å². The number of hydrogen-bond donors (Lipinski definition) is 2. The monoisotopic (exact) mass is 1620 g/mol. The first-order valence-corrected chi connectivity index (χ1v) is 41.5. The van der Waals surface area contributed by atoms with Crippen molar-refractivity contribution in [3.05, 3.63) is 263 Å². The van der Waals surface area contributed by atoms with Gasteiger partial charge in [0.2, 0.25) is 0 Å². The van der Waals surface area contributed by atoms with Crippen molar-refractivity contribution in [3.8, 4) is 0 Å². The zero-order valence-corrected chi connectivity index (χ0v) is 67.9. The minimum atomic E-state index is -1.99. The number of ether oxygens (including phenoxy) is 13. The van der Waals surface area contributed by atoms with Gasteiger partial charge in [-0.25, -0.2) is 33.6 Å². The van der Waals surface area contributed by atoms with Crippen molar-refractivity contribution in [1.29, 1.82) is 0 Å². The fourth-order valence-electron chi connectivity index (χ4n) is 21.8. The molecule has 0 amide bonds. The average molecular weight is 1630 g/mol. The van der Waals surface area contributed by atoms with E-state index in [4.69, 9.17) is 61.6 Å². The van der Waals surface area contributed by atoms with E-state index in [0.717, 1.165) is 50.5 Å². The smallest absolute Gasteiger partial charge is 0.338 e. The number of carbonyl (C=O) groups is 8. The van der Waals surface area contributed by atoms with Crippen LogP contribution in [0.15, 0.2) is 224 Å². The predicted octanol–water partition coefficient (Wildman–Crippen LogP) is 15.3. The molecule has 23 heteroatoms. The number of carbonyl (C=O) groups excluding carboxylic acids is 7. The number of aliphatic carboxylic acids is 1. The largest absolute Gasteiger partial charge is 0.481 e. The molecule has 2 N–H and O–H groups in total. The van der Waals surface area contributed by atoms with Crippen LogP contribution < -0.4 is 0 Å². The number of hydrogen-bond acceptors (Lipinski definition) is 22. The fraction of sp³-hybridized carbons (Fsp3) is 0.458. The zero-order chi connectivity index (χ0) is 83.7. The maximum atomic E-state index is 14.9. The molecular formula is C96H104O23. The molecule has 0 spiro atoms. The molecule has 8 aliphatic rings. The maximum Gasteiger partial charge on any atom is 0.338 e. The Labute approximate surface area is 692 Å². The lowest BCUT2D eigenvalue weighted by Gasteiger charge is -2.73. The quantitative estimate of drug-likeness (QED) is 0.0260. The van der Waals surface area contributed by atoms with Gasteiger partial charge >= 0.3 is 47.8 Å². The Balaban J connectivity index is 0.812. The van der Waals surface area contributed by atoms with Crippen LogP contribution in [0.5, 0.6) is 0 Å². The van der Waals surface area contributed by atoms with Gasteiger partial charge in [-0.05, 0) is 214 Å². The van der Waals surface area contributed by atoms with Crippen molar-refractivity contribution in [1.82, 2.24) is 0 Å². The van der Waals surface area contributed by atoms with Crippen LogP contribution in [0.1, 0.15) is 185 Å². The zero-order valence-electron chi connectivity index (χ0n) is 67.9. The van der Waals surface area contributed by atoms with Gasteiger partial charge < -0.3 is 71.8 Å². The Morgan fingerprint density at radius 3 is 1.29 bits per heavy atom. The van der Waals surface area contributed by atoms with Crippen LogP contribution in [0, 0.1) is 56.7 Å². The lowest BCUT2D eigenvalue weighted by atomic mass is 9.32. The molecule has 5 saturated carbocycles. The topological polar surface area (TPSA) is 297 Å². The summed E-state index contributed by atoms with van der Waals surface area (Å²) >= 11 is 0. The molecule has 3 saturated heterocycles. The molecule has 0 bridgehead atoms. The van der Waals surface area contributed by atoms with E-state index in [1.807, 2.05) is 0 Å². The SMILES string of the molecule is C=C(C)[C@@H]1CC[C@]2(C(=O)O)CC[C@]3(C)[C@H](CC[C@@H]4[C@@]5(C)CC[C@H](O[C@@H]6OC[C@H](O[C@@H]7O[C@H](COC(=O)c8ccccc8)[C@@H](OC(=O)c8ccccc8)[C@H](OC(=O)c8ccccc8)[C@H]7OC(=O)c7ccccc7)[C@H](O)[C@H]6O[C@@H]6O[C@@H](C)[C@H](OC(=O)c7ccccc7)[C@@H](OC(=O)c7ccccc7)[C@H]6OC(=O)c6ccccc6)C(C)(C)[C@@H]5CC[C@]43C)[C@@H]12. The van der Waals surface area contributed by atoms with E-state index in [0.29, 0.717) is 19.3 Å². The second-order valence-electron chi connectivity index (χ2n) is 34.7. The van der Waals surface area contributed by atoms with E-state index in [1.165, 1.54) is 84.9 Å². The number of aliphatic hydroxyl groups excluding tert-OH is 1. The van der Waals surface area contributed by atoms with Crippen molar-refractivity contribution in [2.75, 3.05) is 13.2 Å². The standard InChI is InChI=1S/C96H104O23/c1-56(2)65-46-51-96(91(105)106)53-52-94(7)66(72(65)96)44-45-70-93(6)49-48-71(92(4,5)69(93)47-50-95(70,94)8)112-88-76(119-89-79(117-86(103)63-40-26-14-27-41-63)77(115-84(101)61-36-22-12-23-37-61)74(57(3)109-89)113-82(99)59-32-18-10-19-33-59)73(97)67(54-108-88)110-90-80(118-87(104)64-42-28-15-29-43-64)78(116-85(102)62-38-24-13-25-39-62)75(114-83(100)60-34-20-11-21-35-60)68(111-90)55-107-81(98)58-30-16-9-17-31-58/h9-43,57,65-80,88-90,97H,1,44-55H2,2-8H3,(H,105,106)/t57-,65-,66+,67-,68+,69-,70+,71-,72+,73-,74-,75+,76+,77+,78-,79+,80+,88-,89-,90+,93-,94+,95+,96-/m0/s1. The van der Waals surface area contributed by atoms with Gasteiger partial charge in [-0.3, -0.25) is 4.79 Å². The maximum absolute atomic E-state index is 14.9. The third kappa shape index (κ3) is 16.4. The number of rotatable bonds is 23. The van der Waals surface area contributed by atoms with Crippen LogP contribution in [-0.2, 0) is 66.4 Å². The summed E-state index contributed by atoms with van der Waals surface area (Å²) in [6.45, 7) is 18.6. The molecule has 24 atom stereocenters. The number of allylic oxidation sites excluding steroid dienone is 1. The van der Waals surface area contributed by atoms with Crippen molar-refractivity contribution >= 4 is 47.8 Å². The van der Waals surface area contributed by atoms with E-state index in [9.17, 15) is 48.6 Å². The molecule has 15 rings (SSSR count). The minimum Gasteiger partial charge on any atom is -0.481 e. The Morgan fingerprint density at radius 1 is 0.420 bits per heavy atom. The first-order valence-electron chi connectivity index (χ1n) is 41.5. The van der Waals surface area contributed by atoms with Crippen molar-refractivity contribution < 1.29 is 110 Å². The van der Waals surface area contributed by atoms with E-state index < -0.39 is 164 Å². The minimum absolute atomic E-state index is 0.0126. The highest BCUT2D eigenvalue weighted by Crippen LogP contribution is 2.78. The first-order chi connectivity index (χ1) is 57.2. The summed E-state index contributed by atoms with van der Waals surface area (Å²) in [5, 5.41) is 25.0. The Kier molecular flexibility index (Phi) is 24.5. The summed E-state index contributed by atoms with van der Waals surface area (Å²) in [5.74, 6) is -6.51. The lowest BCUT2D eigenvalue weighted by molar-refractivity contribution is -0.379. The molecule has 7 aromatic carbocycles. The van der Waals surface area contributed by atoms with Gasteiger partial charge in [0.05, 0.1) is 63.2 Å². The van der Waals surface area contributed by atoms with Crippen LogP contribution in [0.2, 0.25) is 0 Å².